The molecule has 8 aromatic rings. The first kappa shape index (κ1) is 27.2. The minimum atomic E-state index is 0.611. The number of aryl methyl sites for hydroxylation is 1. The third-order valence-electron chi connectivity index (χ3n) is 9.01. The van der Waals surface area contributed by atoms with Gasteiger partial charge in [-0.05, 0) is 64.4 Å². The zero-order chi connectivity index (χ0) is 31.2. The molecule has 0 saturated heterocycles. The molecule has 0 fully saturated rings. The quantitative estimate of drug-likeness (QED) is 0.196. The average Bonchev–Trinajstić information content (AvgIpc) is 3.53. The van der Waals surface area contributed by atoms with Gasteiger partial charge in [0.25, 0.3) is 0 Å². The number of hydrogen-bond acceptors (Lipinski definition) is 4. The normalized spacial score (nSPS) is 12.4. The maximum atomic E-state index is 6.52. The molecule has 4 nitrogen and oxygen atoms in total. The lowest BCUT2D eigenvalue weighted by molar-refractivity contribution is 0.669. The van der Waals surface area contributed by atoms with Crippen LogP contribution in [0.25, 0.3) is 84.4 Å². The van der Waals surface area contributed by atoms with Crippen molar-refractivity contribution in [3.8, 4) is 56.4 Å². The van der Waals surface area contributed by atoms with E-state index in [1.165, 1.54) is 22.3 Å². The molecule has 6 aromatic carbocycles. The lowest BCUT2D eigenvalue weighted by Crippen LogP contribution is -2.01. The number of para-hydroxylation sites is 1. The Morgan fingerprint density at radius 3 is 1.89 bits per heavy atom. The second kappa shape index (κ2) is 11.3. The van der Waals surface area contributed by atoms with Gasteiger partial charge in [0.1, 0.15) is 11.2 Å². The van der Waals surface area contributed by atoms with Gasteiger partial charge in [-0.1, -0.05) is 133 Å². The van der Waals surface area contributed by atoms with Crippen molar-refractivity contribution in [2.75, 3.05) is 0 Å². The number of nitrogens with zero attached hydrogens (tertiary/aromatic N) is 3. The van der Waals surface area contributed by atoms with Crippen LogP contribution < -0.4 is 0 Å². The van der Waals surface area contributed by atoms with E-state index in [9.17, 15) is 0 Å². The summed E-state index contributed by atoms with van der Waals surface area (Å²) in [5.74, 6) is 1.86. The van der Waals surface area contributed by atoms with Gasteiger partial charge in [0, 0.05) is 27.5 Å². The maximum Gasteiger partial charge on any atom is 0.164 e. The van der Waals surface area contributed by atoms with Gasteiger partial charge in [-0.15, -0.1) is 0 Å². The van der Waals surface area contributed by atoms with Crippen molar-refractivity contribution < 1.29 is 4.42 Å². The number of fused-ring (bicyclic) bond motifs is 4. The van der Waals surface area contributed by atoms with Gasteiger partial charge in [0.05, 0.1) is 0 Å². The Bertz CT molecular complexity index is 2440. The van der Waals surface area contributed by atoms with Crippen LogP contribution in [0.1, 0.15) is 17.5 Å². The van der Waals surface area contributed by atoms with Crippen molar-refractivity contribution in [1.29, 1.82) is 0 Å². The fraction of sp³-hybridized carbons (Fsp3) is 0.0465. The SMILES string of the molecule is C1=Cc2c(cccc2-c2cc(-c3nc(-c4ccccc4)nc(-c4ccc(-c5ccccc5)cc4)n3)c3c(c2)oc2ccccc23)CC1. The van der Waals surface area contributed by atoms with E-state index in [1.807, 2.05) is 48.5 Å². The highest BCUT2D eigenvalue weighted by molar-refractivity contribution is 6.13. The molecule has 0 unspecified atom stereocenters. The summed E-state index contributed by atoms with van der Waals surface area (Å²) in [6.45, 7) is 0. The predicted octanol–water partition coefficient (Wildman–Crippen LogP) is 11.1. The molecule has 0 radical (unpaired) electrons. The molecule has 2 heterocycles. The summed E-state index contributed by atoms with van der Waals surface area (Å²) in [6.07, 6.45) is 6.62. The lowest BCUT2D eigenvalue weighted by Gasteiger charge is -2.16. The molecule has 0 aliphatic heterocycles. The van der Waals surface area contributed by atoms with Gasteiger partial charge < -0.3 is 4.42 Å². The van der Waals surface area contributed by atoms with Gasteiger partial charge in [-0.3, -0.25) is 0 Å². The first-order chi connectivity index (χ1) is 23.3. The highest BCUT2D eigenvalue weighted by atomic mass is 16.3. The van der Waals surface area contributed by atoms with Gasteiger partial charge >= 0.3 is 0 Å². The van der Waals surface area contributed by atoms with Gasteiger partial charge in [0.15, 0.2) is 17.5 Å². The van der Waals surface area contributed by atoms with E-state index in [0.29, 0.717) is 17.5 Å². The fourth-order valence-corrected chi connectivity index (χ4v) is 6.69. The Balaban J connectivity index is 1.29. The molecule has 2 aromatic heterocycles. The van der Waals surface area contributed by atoms with Crippen LogP contribution in [0.15, 0.2) is 150 Å². The molecule has 47 heavy (non-hydrogen) atoms. The first-order valence-electron chi connectivity index (χ1n) is 16.0. The summed E-state index contributed by atoms with van der Waals surface area (Å²) >= 11 is 0. The van der Waals surface area contributed by atoms with Crippen molar-refractivity contribution in [2.45, 2.75) is 12.8 Å². The zero-order valence-corrected chi connectivity index (χ0v) is 25.6. The Morgan fingerprint density at radius 2 is 1.11 bits per heavy atom. The van der Waals surface area contributed by atoms with E-state index in [4.69, 9.17) is 19.4 Å². The molecule has 1 aliphatic rings. The summed E-state index contributed by atoms with van der Waals surface area (Å²) in [4.78, 5) is 15.3. The molecule has 0 N–H and O–H groups in total. The van der Waals surface area contributed by atoms with Crippen LogP contribution in [-0.2, 0) is 6.42 Å². The number of aromatic nitrogens is 3. The largest absolute Gasteiger partial charge is 0.456 e. The molecule has 222 valence electrons. The van der Waals surface area contributed by atoms with Crippen LogP contribution in [0.4, 0.5) is 0 Å². The highest BCUT2D eigenvalue weighted by Gasteiger charge is 2.21. The second-order valence-corrected chi connectivity index (χ2v) is 11.9. The molecule has 0 saturated carbocycles. The minimum absolute atomic E-state index is 0.611. The monoisotopic (exact) mass is 603 g/mol. The number of hydrogen-bond donors (Lipinski definition) is 0. The predicted molar refractivity (Wildman–Crippen MR) is 192 cm³/mol. The molecular formula is C43H29N3O. The minimum Gasteiger partial charge on any atom is -0.456 e. The first-order valence-corrected chi connectivity index (χ1v) is 16.0. The third-order valence-corrected chi connectivity index (χ3v) is 9.01. The van der Waals surface area contributed by atoms with E-state index >= 15 is 0 Å². The van der Waals surface area contributed by atoms with Gasteiger partial charge in [0.2, 0.25) is 0 Å². The highest BCUT2D eigenvalue weighted by Crippen LogP contribution is 2.41. The Labute approximate surface area is 272 Å². The summed E-state index contributed by atoms with van der Waals surface area (Å²) in [7, 11) is 0. The smallest absolute Gasteiger partial charge is 0.164 e. The topological polar surface area (TPSA) is 51.8 Å². The second-order valence-electron chi connectivity index (χ2n) is 11.9. The molecule has 0 spiro atoms. The van der Waals surface area contributed by atoms with E-state index in [0.717, 1.165) is 62.6 Å². The van der Waals surface area contributed by atoms with Crippen LogP contribution in [-0.4, -0.2) is 15.0 Å². The van der Waals surface area contributed by atoms with Crippen LogP contribution in [0.5, 0.6) is 0 Å². The third kappa shape index (κ3) is 4.91. The summed E-state index contributed by atoms with van der Waals surface area (Å²) in [6, 6.07) is 48.2. The molecule has 4 heteroatoms. The number of benzene rings is 6. The van der Waals surface area contributed by atoms with Gasteiger partial charge in [-0.25, -0.2) is 15.0 Å². The summed E-state index contributed by atoms with van der Waals surface area (Å²) < 4.78 is 6.52. The Hall–Kier alpha value is -6.13. The maximum absolute atomic E-state index is 6.52. The number of allylic oxidation sites excluding steroid dienone is 1. The summed E-state index contributed by atoms with van der Waals surface area (Å²) in [5.41, 5.74) is 11.6. The van der Waals surface area contributed by atoms with Crippen LogP contribution in [0.2, 0.25) is 0 Å². The van der Waals surface area contributed by atoms with Gasteiger partial charge in [-0.2, -0.15) is 0 Å². The van der Waals surface area contributed by atoms with Crippen LogP contribution in [0.3, 0.4) is 0 Å². The van der Waals surface area contributed by atoms with Crippen LogP contribution >= 0.6 is 0 Å². The van der Waals surface area contributed by atoms with E-state index in [-0.39, 0.29) is 0 Å². The van der Waals surface area contributed by atoms with E-state index in [2.05, 4.69) is 103 Å². The molecular weight excluding hydrogens is 574 g/mol. The average molecular weight is 604 g/mol. The number of rotatable bonds is 5. The number of furan rings is 1. The molecule has 0 atom stereocenters. The summed E-state index contributed by atoms with van der Waals surface area (Å²) in [5, 5.41) is 2.04. The van der Waals surface area contributed by atoms with Crippen molar-refractivity contribution in [3.05, 3.63) is 157 Å². The zero-order valence-electron chi connectivity index (χ0n) is 25.6. The van der Waals surface area contributed by atoms with E-state index in [1.54, 1.807) is 0 Å². The fourth-order valence-electron chi connectivity index (χ4n) is 6.69. The Kier molecular flexibility index (Phi) is 6.57. The van der Waals surface area contributed by atoms with Crippen molar-refractivity contribution in [1.82, 2.24) is 15.0 Å². The molecule has 9 rings (SSSR count). The van der Waals surface area contributed by atoms with Crippen molar-refractivity contribution >= 4 is 28.0 Å². The Morgan fingerprint density at radius 1 is 0.468 bits per heavy atom. The molecule has 0 amide bonds. The molecule has 0 bridgehead atoms. The molecule has 1 aliphatic carbocycles. The van der Waals surface area contributed by atoms with Crippen LogP contribution in [0, 0.1) is 0 Å². The lowest BCUT2D eigenvalue weighted by atomic mass is 9.89. The van der Waals surface area contributed by atoms with Crippen molar-refractivity contribution in [2.24, 2.45) is 0 Å². The van der Waals surface area contributed by atoms with Crippen molar-refractivity contribution in [3.63, 3.8) is 0 Å². The van der Waals surface area contributed by atoms with E-state index < -0.39 is 0 Å². The standard InChI is InChI=1S/C43H29N3O/c1-3-12-28(13-4-1)29-22-24-32(25-23-29)42-44-41(31-15-5-2-6-16-31)45-43(46-42)37-26-33(35-20-11-17-30-14-7-8-18-34(30)35)27-39-40(37)36-19-9-10-21-38(36)47-39/h1-6,8-13,15-27H,7,14H2.